The fourth-order valence-electron chi connectivity index (χ4n) is 3.45. The summed E-state index contributed by atoms with van der Waals surface area (Å²) in [5.41, 5.74) is -0.252. The summed E-state index contributed by atoms with van der Waals surface area (Å²) in [5.74, 6) is 0.188. The van der Waals surface area contributed by atoms with E-state index in [1.165, 1.54) is 0 Å². The van der Waals surface area contributed by atoms with Crippen molar-refractivity contribution >= 4 is 29.3 Å². The van der Waals surface area contributed by atoms with Gasteiger partial charge in [0.25, 0.3) is 5.91 Å². The molecule has 1 N–H and O–H groups in total. The predicted molar refractivity (Wildman–Crippen MR) is 101 cm³/mol. The molecule has 0 aromatic heterocycles. The van der Waals surface area contributed by atoms with Crippen molar-refractivity contribution in [2.24, 2.45) is 0 Å². The van der Waals surface area contributed by atoms with Crippen molar-refractivity contribution in [2.75, 3.05) is 13.3 Å². The van der Waals surface area contributed by atoms with Gasteiger partial charge in [0, 0.05) is 10.6 Å². The molecule has 8 heteroatoms. The lowest BCUT2D eigenvalue weighted by molar-refractivity contribution is -0.131. The normalized spacial score (nSPS) is 20.4. The van der Waals surface area contributed by atoms with E-state index in [2.05, 4.69) is 5.32 Å². The third kappa shape index (κ3) is 2.88. The Bertz CT molecular complexity index is 975. The number of urea groups is 1. The number of carbonyl (C=O) groups is 3. The van der Waals surface area contributed by atoms with Gasteiger partial charge in [0.1, 0.15) is 5.54 Å². The molecule has 4 rings (SSSR count). The van der Waals surface area contributed by atoms with E-state index in [0.29, 0.717) is 34.1 Å². The highest BCUT2D eigenvalue weighted by Crippen LogP contribution is 2.34. The monoisotopic (exact) mass is 400 g/mol. The average molecular weight is 401 g/mol. The minimum atomic E-state index is -1.21. The van der Waals surface area contributed by atoms with E-state index in [-0.39, 0.29) is 19.1 Å². The van der Waals surface area contributed by atoms with Gasteiger partial charge < -0.3 is 14.8 Å². The van der Waals surface area contributed by atoms with E-state index < -0.39 is 17.5 Å². The number of ether oxygens (including phenoxy) is 2. The molecule has 0 saturated carbocycles. The molecule has 2 heterocycles. The summed E-state index contributed by atoms with van der Waals surface area (Å²) >= 11 is 5.93. The number of imide groups is 1. The quantitative estimate of drug-likeness (QED) is 0.615. The van der Waals surface area contributed by atoms with Crippen LogP contribution in [0.25, 0.3) is 0 Å². The van der Waals surface area contributed by atoms with Gasteiger partial charge in [-0.15, -0.1) is 0 Å². The maximum atomic E-state index is 13.1. The molecule has 144 valence electrons. The maximum Gasteiger partial charge on any atom is 0.325 e. The Morgan fingerprint density at radius 3 is 2.57 bits per heavy atom. The molecule has 2 aromatic rings. The van der Waals surface area contributed by atoms with Crippen molar-refractivity contribution in [2.45, 2.75) is 18.9 Å². The molecular formula is C20H17ClN2O5. The van der Waals surface area contributed by atoms with Crippen molar-refractivity contribution in [3.05, 3.63) is 58.6 Å². The summed E-state index contributed by atoms with van der Waals surface area (Å²) in [4.78, 5) is 39.3. The van der Waals surface area contributed by atoms with Crippen LogP contribution in [0.5, 0.6) is 11.5 Å². The Balaban J connectivity index is 1.58. The van der Waals surface area contributed by atoms with Crippen LogP contribution in [-0.4, -0.2) is 36.0 Å². The molecule has 1 saturated heterocycles. The molecule has 0 radical (unpaired) electrons. The number of ketones is 1. The van der Waals surface area contributed by atoms with Crippen molar-refractivity contribution in [3.8, 4) is 11.5 Å². The molecule has 2 aliphatic heterocycles. The van der Waals surface area contributed by atoms with Crippen LogP contribution in [0.2, 0.25) is 5.02 Å². The zero-order valence-electron chi connectivity index (χ0n) is 15.0. The van der Waals surface area contributed by atoms with Crippen LogP contribution in [0.1, 0.15) is 29.3 Å². The standard InChI is InChI=1S/C20H17ClN2O5/c1-2-20(13-4-6-14(21)7-5-13)18(25)23(19(26)22-20)10-15(24)12-3-8-16-17(9-12)28-11-27-16/h3-9H,2,10-11H2,1H3,(H,22,26)/t20-/m0/s1. The van der Waals surface area contributed by atoms with Gasteiger partial charge in [0.2, 0.25) is 6.79 Å². The average Bonchev–Trinajstić information content (AvgIpc) is 3.26. The lowest BCUT2D eigenvalue weighted by atomic mass is 9.87. The van der Waals surface area contributed by atoms with Crippen LogP contribution in [-0.2, 0) is 10.3 Å². The van der Waals surface area contributed by atoms with Gasteiger partial charge in [-0.2, -0.15) is 0 Å². The van der Waals surface area contributed by atoms with Crippen molar-refractivity contribution in [1.82, 2.24) is 10.2 Å². The summed E-state index contributed by atoms with van der Waals surface area (Å²) in [5, 5.41) is 3.28. The summed E-state index contributed by atoms with van der Waals surface area (Å²) in [6.07, 6.45) is 0.341. The lowest BCUT2D eigenvalue weighted by Gasteiger charge is -2.25. The van der Waals surface area contributed by atoms with Gasteiger partial charge in [-0.25, -0.2) is 4.79 Å². The van der Waals surface area contributed by atoms with Crippen LogP contribution in [0.15, 0.2) is 42.5 Å². The van der Waals surface area contributed by atoms with Gasteiger partial charge in [0.05, 0.1) is 6.54 Å². The molecule has 7 nitrogen and oxygen atoms in total. The second kappa shape index (κ2) is 6.83. The minimum Gasteiger partial charge on any atom is -0.454 e. The summed E-state index contributed by atoms with van der Waals surface area (Å²) < 4.78 is 10.5. The lowest BCUT2D eigenvalue weighted by Crippen LogP contribution is -2.43. The number of nitrogens with one attached hydrogen (secondary N) is 1. The number of carbonyl (C=O) groups excluding carboxylic acids is 3. The Labute approximate surface area is 166 Å². The van der Waals surface area contributed by atoms with E-state index in [4.69, 9.17) is 21.1 Å². The molecule has 2 aliphatic rings. The molecule has 0 bridgehead atoms. The zero-order valence-corrected chi connectivity index (χ0v) is 15.8. The van der Waals surface area contributed by atoms with Gasteiger partial charge in [-0.3, -0.25) is 14.5 Å². The van der Waals surface area contributed by atoms with Crippen molar-refractivity contribution < 1.29 is 23.9 Å². The number of benzene rings is 2. The van der Waals surface area contributed by atoms with Gasteiger partial charge in [-0.05, 0) is 42.3 Å². The second-order valence-electron chi connectivity index (χ2n) is 6.58. The fraction of sp³-hybridized carbons (Fsp3) is 0.250. The first-order valence-electron chi connectivity index (χ1n) is 8.77. The smallest absolute Gasteiger partial charge is 0.325 e. The summed E-state index contributed by atoms with van der Waals surface area (Å²) in [6.45, 7) is 1.54. The Morgan fingerprint density at radius 1 is 1.14 bits per heavy atom. The first-order chi connectivity index (χ1) is 13.4. The number of hydrogen-bond acceptors (Lipinski definition) is 5. The highest BCUT2D eigenvalue weighted by molar-refractivity contribution is 6.30. The second-order valence-corrected chi connectivity index (χ2v) is 7.01. The van der Waals surface area contributed by atoms with Crippen LogP contribution in [0.4, 0.5) is 4.79 Å². The molecule has 28 heavy (non-hydrogen) atoms. The number of fused-ring (bicyclic) bond motifs is 1. The minimum absolute atomic E-state index is 0.0973. The van der Waals surface area contributed by atoms with E-state index in [1.807, 2.05) is 0 Å². The summed E-state index contributed by atoms with van der Waals surface area (Å²) in [7, 11) is 0. The Hall–Kier alpha value is -3.06. The third-order valence-corrected chi connectivity index (χ3v) is 5.29. The maximum absolute atomic E-state index is 13.1. The predicted octanol–water partition coefficient (Wildman–Crippen LogP) is 3.11. The van der Waals surface area contributed by atoms with Crippen molar-refractivity contribution in [1.29, 1.82) is 0 Å². The van der Waals surface area contributed by atoms with E-state index in [1.54, 1.807) is 49.4 Å². The molecule has 3 amide bonds. The summed E-state index contributed by atoms with van der Waals surface area (Å²) in [6, 6.07) is 10.9. The molecule has 0 spiro atoms. The first kappa shape index (κ1) is 18.3. The molecule has 1 atom stereocenters. The van der Waals surface area contributed by atoms with Gasteiger partial charge in [-0.1, -0.05) is 30.7 Å². The molecule has 0 unspecified atom stereocenters. The van der Waals surface area contributed by atoms with E-state index in [0.717, 1.165) is 4.90 Å². The van der Waals surface area contributed by atoms with Gasteiger partial charge in [0.15, 0.2) is 17.3 Å². The number of Topliss-reactive ketones (excluding diaryl/α,β-unsaturated/α-hetero) is 1. The SMILES string of the molecule is CC[C@@]1(c2ccc(Cl)cc2)NC(=O)N(CC(=O)c2ccc3c(c2)OCO3)C1=O. The highest BCUT2D eigenvalue weighted by atomic mass is 35.5. The largest absolute Gasteiger partial charge is 0.454 e. The van der Waals surface area contributed by atoms with Crippen LogP contribution in [0.3, 0.4) is 0 Å². The Kier molecular flexibility index (Phi) is 4.47. The van der Waals surface area contributed by atoms with Crippen LogP contribution >= 0.6 is 11.6 Å². The van der Waals surface area contributed by atoms with Gasteiger partial charge >= 0.3 is 6.03 Å². The van der Waals surface area contributed by atoms with E-state index >= 15 is 0 Å². The molecule has 1 fully saturated rings. The van der Waals surface area contributed by atoms with E-state index in [9.17, 15) is 14.4 Å². The third-order valence-electron chi connectivity index (χ3n) is 5.04. The zero-order chi connectivity index (χ0) is 19.9. The van der Waals surface area contributed by atoms with Crippen LogP contribution in [0, 0.1) is 0 Å². The highest BCUT2D eigenvalue weighted by Gasteiger charge is 2.51. The van der Waals surface area contributed by atoms with Crippen molar-refractivity contribution in [3.63, 3.8) is 0 Å². The number of amides is 3. The number of halogens is 1. The number of rotatable bonds is 5. The fourth-order valence-corrected chi connectivity index (χ4v) is 3.57. The molecule has 0 aliphatic carbocycles. The molecular weight excluding hydrogens is 384 g/mol. The number of hydrogen-bond donors (Lipinski definition) is 1. The first-order valence-corrected chi connectivity index (χ1v) is 9.15. The topological polar surface area (TPSA) is 84.9 Å². The Morgan fingerprint density at radius 2 is 1.86 bits per heavy atom. The van der Waals surface area contributed by atoms with Crippen LogP contribution < -0.4 is 14.8 Å². The molecule has 2 aromatic carbocycles. The number of nitrogens with zero attached hydrogens (tertiary/aromatic N) is 1.